The van der Waals surface area contributed by atoms with E-state index in [0.29, 0.717) is 24.7 Å². The number of ether oxygens (including phenoxy) is 2. The zero-order valence-electron chi connectivity index (χ0n) is 19.5. The van der Waals surface area contributed by atoms with E-state index in [1.165, 1.54) is 77.0 Å². The Balaban J connectivity index is 1.67. The quantitative estimate of drug-likeness (QED) is 0.221. The van der Waals surface area contributed by atoms with Gasteiger partial charge >= 0.3 is 11.9 Å². The Labute approximate surface area is 184 Å². The molecule has 0 aromatic heterocycles. The molecule has 4 nitrogen and oxygen atoms in total. The third kappa shape index (κ3) is 11.4. The lowest BCUT2D eigenvalue weighted by molar-refractivity contribution is -0.160. The van der Waals surface area contributed by atoms with E-state index in [2.05, 4.69) is 6.92 Å². The first-order chi connectivity index (χ1) is 14.7. The van der Waals surface area contributed by atoms with Crippen molar-refractivity contribution in [2.24, 2.45) is 11.8 Å². The highest BCUT2D eigenvalue weighted by molar-refractivity contribution is 5.70. The van der Waals surface area contributed by atoms with Gasteiger partial charge in [-0.2, -0.15) is 0 Å². The Morgan fingerprint density at radius 2 is 1.33 bits per heavy atom. The molecule has 2 saturated carbocycles. The van der Waals surface area contributed by atoms with Crippen LogP contribution in [0.2, 0.25) is 0 Å². The molecule has 2 rings (SSSR count). The molecule has 0 heterocycles. The van der Waals surface area contributed by atoms with E-state index in [4.69, 9.17) is 9.47 Å². The van der Waals surface area contributed by atoms with E-state index in [1.807, 2.05) is 0 Å². The van der Waals surface area contributed by atoms with Crippen molar-refractivity contribution in [1.29, 1.82) is 0 Å². The standard InChI is InChI=1S/C26H46O4/c1-2-3-4-11-16-24(30-26(28)20-18-23-14-9-6-10-15-23)21-29-25(27)19-17-22-12-7-5-8-13-22/h22-24H,2-21H2,1H3. The van der Waals surface area contributed by atoms with Gasteiger partial charge in [0.2, 0.25) is 0 Å². The molecule has 0 aromatic rings. The van der Waals surface area contributed by atoms with Gasteiger partial charge in [0.25, 0.3) is 0 Å². The van der Waals surface area contributed by atoms with Gasteiger partial charge in [0.05, 0.1) is 0 Å². The molecule has 1 atom stereocenters. The van der Waals surface area contributed by atoms with Crippen LogP contribution in [0.4, 0.5) is 0 Å². The van der Waals surface area contributed by atoms with Gasteiger partial charge in [-0.25, -0.2) is 0 Å². The number of carbonyl (C=O) groups excluding carboxylic acids is 2. The van der Waals surface area contributed by atoms with E-state index in [1.54, 1.807) is 0 Å². The van der Waals surface area contributed by atoms with Crippen LogP contribution >= 0.6 is 0 Å². The molecule has 30 heavy (non-hydrogen) atoms. The summed E-state index contributed by atoms with van der Waals surface area (Å²) in [6.45, 7) is 2.42. The number of esters is 2. The van der Waals surface area contributed by atoms with Crippen molar-refractivity contribution < 1.29 is 19.1 Å². The highest BCUT2D eigenvalue weighted by Gasteiger charge is 2.20. The van der Waals surface area contributed by atoms with Crippen LogP contribution in [-0.4, -0.2) is 24.6 Å². The Bertz CT molecular complexity index is 464. The summed E-state index contributed by atoms with van der Waals surface area (Å²) in [5.74, 6) is 1.14. The first kappa shape index (κ1) is 25.2. The van der Waals surface area contributed by atoms with E-state index < -0.39 is 0 Å². The monoisotopic (exact) mass is 422 g/mol. The summed E-state index contributed by atoms with van der Waals surface area (Å²) in [5, 5.41) is 0. The van der Waals surface area contributed by atoms with Crippen LogP contribution in [0.25, 0.3) is 0 Å². The van der Waals surface area contributed by atoms with Crippen molar-refractivity contribution in [2.75, 3.05) is 6.61 Å². The van der Waals surface area contributed by atoms with Gasteiger partial charge < -0.3 is 9.47 Å². The van der Waals surface area contributed by atoms with Crippen molar-refractivity contribution in [3.05, 3.63) is 0 Å². The van der Waals surface area contributed by atoms with Crippen LogP contribution in [0.5, 0.6) is 0 Å². The second-order valence-electron chi connectivity index (χ2n) is 9.73. The lowest BCUT2D eigenvalue weighted by Crippen LogP contribution is -2.26. The number of hydrogen-bond donors (Lipinski definition) is 0. The van der Waals surface area contributed by atoms with Crippen molar-refractivity contribution >= 4 is 11.9 Å². The van der Waals surface area contributed by atoms with Crippen LogP contribution in [0.1, 0.15) is 129 Å². The lowest BCUT2D eigenvalue weighted by atomic mass is 9.86. The third-order valence-corrected chi connectivity index (χ3v) is 7.07. The zero-order valence-corrected chi connectivity index (χ0v) is 19.5. The van der Waals surface area contributed by atoms with E-state index in [-0.39, 0.29) is 24.6 Å². The van der Waals surface area contributed by atoms with Gasteiger partial charge in [-0.15, -0.1) is 0 Å². The molecule has 0 radical (unpaired) electrons. The van der Waals surface area contributed by atoms with Crippen molar-refractivity contribution in [2.45, 2.75) is 135 Å². The molecule has 0 saturated heterocycles. The predicted molar refractivity (Wildman–Crippen MR) is 121 cm³/mol. The van der Waals surface area contributed by atoms with Gasteiger partial charge in [0, 0.05) is 12.8 Å². The molecule has 0 amide bonds. The Kier molecular flexibility index (Phi) is 13.2. The summed E-state index contributed by atoms with van der Waals surface area (Å²) in [6, 6.07) is 0. The van der Waals surface area contributed by atoms with Crippen LogP contribution in [-0.2, 0) is 19.1 Å². The maximum absolute atomic E-state index is 12.4. The summed E-state index contributed by atoms with van der Waals surface area (Å²) >= 11 is 0. The minimum Gasteiger partial charge on any atom is -0.462 e. The van der Waals surface area contributed by atoms with Crippen LogP contribution < -0.4 is 0 Å². The van der Waals surface area contributed by atoms with Gasteiger partial charge in [0.1, 0.15) is 12.7 Å². The molecule has 174 valence electrons. The largest absolute Gasteiger partial charge is 0.462 e. The molecule has 1 unspecified atom stereocenters. The van der Waals surface area contributed by atoms with Crippen molar-refractivity contribution in [3.63, 3.8) is 0 Å². The van der Waals surface area contributed by atoms with Gasteiger partial charge in [-0.3, -0.25) is 9.59 Å². The Hall–Kier alpha value is -1.06. The number of rotatable bonds is 14. The molecular formula is C26H46O4. The Morgan fingerprint density at radius 1 is 0.767 bits per heavy atom. The second kappa shape index (κ2) is 15.7. The molecule has 0 aliphatic heterocycles. The average molecular weight is 423 g/mol. The van der Waals surface area contributed by atoms with Crippen molar-refractivity contribution in [1.82, 2.24) is 0 Å². The van der Waals surface area contributed by atoms with Gasteiger partial charge in [-0.05, 0) is 37.5 Å². The van der Waals surface area contributed by atoms with Crippen LogP contribution in [0.3, 0.4) is 0 Å². The fourth-order valence-electron chi connectivity index (χ4n) is 5.07. The van der Waals surface area contributed by atoms with Crippen LogP contribution in [0, 0.1) is 11.8 Å². The minimum absolute atomic E-state index is 0.112. The lowest BCUT2D eigenvalue weighted by Gasteiger charge is -2.22. The maximum Gasteiger partial charge on any atom is 0.306 e. The number of unbranched alkanes of at least 4 members (excludes halogenated alkanes) is 3. The summed E-state index contributed by atoms with van der Waals surface area (Å²) in [7, 11) is 0. The normalized spacial score (nSPS) is 19.4. The summed E-state index contributed by atoms with van der Waals surface area (Å²) in [4.78, 5) is 24.6. The van der Waals surface area contributed by atoms with Crippen LogP contribution in [0.15, 0.2) is 0 Å². The first-order valence-electron chi connectivity index (χ1n) is 13.0. The Morgan fingerprint density at radius 3 is 1.90 bits per heavy atom. The highest BCUT2D eigenvalue weighted by Crippen LogP contribution is 2.28. The molecular weight excluding hydrogens is 376 g/mol. The summed E-state index contributed by atoms with van der Waals surface area (Å²) in [5.41, 5.74) is 0. The van der Waals surface area contributed by atoms with Gasteiger partial charge in [0.15, 0.2) is 0 Å². The second-order valence-corrected chi connectivity index (χ2v) is 9.73. The summed E-state index contributed by atoms with van der Waals surface area (Å²) in [6.07, 6.45) is 20.9. The zero-order chi connectivity index (χ0) is 21.4. The number of hydrogen-bond acceptors (Lipinski definition) is 4. The van der Waals surface area contributed by atoms with E-state index >= 15 is 0 Å². The molecule has 2 fully saturated rings. The molecule has 0 spiro atoms. The fraction of sp³-hybridized carbons (Fsp3) is 0.923. The highest BCUT2D eigenvalue weighted by atomic mass is 16.6. The molecule has 4 heteroatoms. The molecule has 0 N–H and O–H groups in total. The molecule has 2 aliphatic rings. The SMILES string of the molecule is CCCCCCC(COC(=O)CCC1CCCCC1)OC(=O)CCC1CCCCC1. The smallest absolute Gasteiger partial charge is 0.306 e. The first-order valence-corrected chi connectivity index (χ1v) is 13.0. The summed E-state index contributed by atoms with van der Waals surface area (Å²) < 4.78 is 11.3. The molecule has 0 bridgehead atoms. The fourth-order valence-corrected chi connectivity index (χ4v) is 5.07. The van der Waals surface area contributed by atoms with E-state index in [9.17, 15) is 9.59 Å². The predicted octanol–water partition coefficient (Wildman–Crippen LogP) is 7.13. The number of carbonyl (C=O) groups is 2. The molecule has 0 aromatic carbocycles. The van der Waals surface area contributed by atoms with Crippen molar-refractivity contribution in [3.8, 4) is 0 Å². The third-order valence-electron chi connectivity index (χ3n) is 7.07. The minimum atomic E-state index is -0.278. The topological polar surface area (TPSA) is 52.6 Å². The average Bonchev–Trinajstić information content (AvgIpc) is 2.78. The van der Waals surface area contributed by atoms with E-state index in [0.717, 1.165) is 32.1 Å². The molecule has 2 aliphatic carbocycles. The van der Waals surface area contributed by atoms with Gasteiger partial charge in [-0.1, -0.05) is 90.4 Å². The maximum atomic E-state index is 12.4.